The van der Waals surface area contributed by atoms with Crippen molar-refractivity contribution in [3.05, 3.63) is 69.5 Å². The van der Waals surface area contributed by atoms with E-state index in [2.05, 4.69) is 5.97 Å². The Morgan fingerprint density at radius 2 is 1.83 bits per heavy atom. The normalized spacial score (nSPS) is 15.6. The summed E-state index contributed by atoms with van der Waals surface area (Å²) in [5.41, 5.74) is -0.819. The Morgan fingerprint density at radius 3 is 2.38 bits per heavy atom. The molecule has 2 aromatic rings. The molecule has 0 aliphatic carbocycles. The fraction of sp³-hybridized carbons (Fsp3) is 0.286. The maximum absolute atomic E-state index is 14.9. The van der Waals surface area contributed by atoms with Crippen LogP contribution in [0, 0.1) is 23.0 Å². The van der Waals surface area contributed by atoms with Crippen LogP contribution in [0.25, 0.3) is 0 Å². The number of hydrogen-bond acceptors (Lipinski definition) is 4. The molecule has 3 rings (SSSR count). The highest BCUT2D eigenvalue weighted by Gasteiger charge is 2.31. The molecular weight excluding hydrogens is 395 g/mol. The molecule has 0 radical (unpaired) electrons. The van der Waals surface area contributed by atoms with Crippen LogP contribution in [0.4, 0.5) is 4.39 Å². The Balaban J connectivity index is 1.94. The van der Waals surface area contributed by atoms with Gasteiger partial charge in [0.25, 0.3) is 6.71 Å². The summed E-state index contributed by atoms with van der Waals surface area (Å²) < 4.78 is 14.9. The minimum atomic E-state index is -1.46. The number of nitrogens with zero attached hydrogens (tertiary/aromatic N) is 1. The predicted octanol–water partition coefficient (Wildman–Crippen LogP) is 4.41. The van der Waals surface area contributed by atoms with Crippen LogP contribution >= 0.6 is 11.6 Å². The van der Waals surface area contributed by atoms with Crippen LogP contribution in [0.2, 0.25) is 17.7 Å². The number of aromatic carboxylic acids is 1. The predicted molar refractivity (Wildman–Crippen MR) is 107 cm³/mol. The van der Waals surface area contributed by atoms with Gasteiger partial charge in [-0.2, -0.15) is 0 Å². The Hall–Kier alpha value is -2.69. The third-order valence-electron chi connectivity index (χ3n) is 5.42. The van der Waals surface area contributed by atoms with Gasteiger partial charge in [-0.25, -0.2) is 14.4 Å². The Morgan fingerprint density at radius 1 is 1.21 bits per heavy atom. The molecule has 1 aliphatic heterocycles. The quantitative estimate of drug-likeness (QED) is 0.559. The number of carbonyl (C=O) groups is 2. The molecular formula is C21H18BClFNO4. The molecule has 2 N–H and O–H groups in total. The Labute approximate surface area is 172 Å². The summed E-state index contributed by atoms with van der Waals surface area (Å²) in [6, 6.07) is 7.90. The second-order valence-electron chi connectivity index (χ2n) is 7.25. The number of carboxylic acid groups (broad SMARTS) is 1. The molecule has 0 aromatic heterocycles. The highest BCUT2D eigenvalue weighted by molar-refractivity contribution is 6.67. The van der Waals surface area contributed by atoms with Gasteiger partial charge in [-0.3, -0.25) is 4.79 Å². The molecule has 1 saturated heterocycles. The summed E-state index contributed by atoms with van der Waals surface area (Å²) in [7, 11) is 0. The first-order chi connectivity index (χ1) is 13.8. The van der Waals surface area contributed by atoms with Crippen LogP contribution in [-0.4, -0.2) is 28.7 Å². The van der Waals surface area contributed by atoms with Crippen molar-refractivity contribution in [2.45, 2.75) is 31.6 Å². The molecule has 29 heavy (non-hydrogen) atoms. The lowest BCUT2D eigenvalue weighted by Gasteiger charge is -2.28. The lowest BCUT2D eigenvalue weighted by Crippen LogP contribution is -2.24. The van der Waals surface area contributed by atoms with Crippen molar-refractivity contribution in [3.63, 3.8) is 0 Å². The number of carbonyl (C=O) groups excluding carboxylic acids is 1. The lowest BCUT2D eigenvalue weighted by molar-refractivity contribution is 0.0690. The van der Waals surface area contributed by atoms with E-state index in [9.17, 15) is 24.2 Å². The van der Waals surface area contributed by atoms with E-state index in [0.29, 0.717) is 30.5 Å². The van der Waals surface area contributed by atoms with E-state index in [-0.39, 0.29) is 23.8 Å². The van der Waals surface area contributed by atoms with Gasteiger partial charge in [0.1, 0.15) is 5.82 Å². The fourth-order valence-electron chi connectivity index (χ4n) is 3.78. The van der Waals surface area contributed by atoms with Gasteiger partial charge in [-0.15, -0.1) is 0 Å². The number of benzene rings is 2. The van der Waals surface area contributed by atoms with Crippen molar-refractivity contribution in [1.29, 1.82) is 5.26 Å². The van der Waals surface area contributed by atoms with E-state index in [4.69, 9.17) is 16.9 Å². The minimum Gasteiger partial charge on any atom is -0.478 e. The average molecular weight is 414 g/mol. The van der Waals surface area contributed by atoms with Gasteiger partial charge in [0.15, 0.2) is 5.78 Å². The highest BCUT2D eigenvalue weighted by atomic mass is 35.5. The summed E-state index contributed by atoms with van der Waals surface area (Å²) in [6.45, 7) is -0.0517. The summed E-state index contributed by atoms with van der Waals surface area (Å²) in [5, 5.41) is 29.6. The van der Waals surface area contributed by atoms with Gasteiger partial charge >= 0.3 is 5.97 Å². The van der Waals surface area contributed by atoms with Crippen molar-refractivity contribution >= 4 is 30.1 Å². The van der Waals surface area contributed by atoms with E-state index in [1.165, 1.54) is 24.3 Å². The van der Waals surface area contributed by atoms with Crippen LogP contribution in [-0.2, 0) is 0 Å². The summed E-state index contributed by atoms with van der Waals surface area (Å²) >= 11 is 5.80. The molecule has 5 nitrogen and oxygen atoms in total. The molecule has 0 saturated carbocycles. The summed E-state index contributed by atoms with van der Waals surface area (Å²) in [4.78, 5) is 24.5. The van der Waals surface area contributed by atoms with Gasteiger partial charge in [0.2, 0.25) is 0 Å². The first kappa shape index (κ1) is 21.0. The van der Waals surface area contributed by atoms with Crippen LogP contribution in [0.5, 0.6) is 0 Å². The van der Waals surface area contributed by atoms with Crippen LogP contribution in [0.1, 0.15) is 50.8 Å². The van der Waals surface area contributed by atoms with Crippen LogP contribution in [0.3, 0.4) is 0 Å². The number of aliphatic hydroxyl groups is 1. The molecule has 1 heterocycles. The molecule has 148 valence electrons. The van der Waals surface area contributed by atoms with Gasteiger partial charge in [0, 0.05) is 16.6 Å². The van der Waals surface area contributed by atoms with E-state index in [1.807, 2.05) is 0 Å². The van der Waals surface area contributed by atoms with Gasteiger partial charge < -0.3 is 10.2 Å². The molecule has 0 amide bonds. The molecule has 1 aliphatic rings. The van der Waals surface area contributed by atoms with Crippen LogP contribution < -0.4 is 0 Å². The maximum atomic E-state index is 14.9. The number of aliphatic hydroxyl groups excluding tert-OH is 1. The van der Waals surface area contributed by atoms with Crippen molar-refractivity contribution in [2.75, 3.05) is 0 Å². The molecule has 2 aromatic carbocycles. The highest BCUT2D eigenvalue weighted by Crippen LogP contribution is 2.36. The first-order valence-electron chi connectivity index (χ1n) is 9.26. The molecule has 0 spiro atoms. The number of halogens is 2. The van der Waals surface area contributed by atoms with Crippen molar-refractivity contribution in [2.24, 2.45) is 5.92 Å². The Kier molecular flexibility index (Phi) is 6.36. The molecule has 1 atom stereocenters. The maximum Gasteiger partial charge on any atom is 0.336 e. The molecule has 1 unspecified atom stereocenters. The van der Waals surface area contributed by atoms with Gasteiger partial charge in [-0.05, 0) is 47.9 Å². The number of nitriles is 1. The third-order valence-corrected chi connectivity index (χ3v) is 5.67. The SMILES string of the molecule is N#CB1CCC(C(O)c2cc(F)c(C(=O)c3ccc(Cl)cc3)c(C(=O)O)c2)CC1. The monoisotopic (exact) mass is 413 g/mol. The molecule has 8 heteroatoms. The standard InChI is InChI=1S/C21H18BClFNO4/c23-15-3-1-12(2-4-15)20(27)18-16(21(28)29)9-14(10-17(18)24)19(26)13-5-7-22(11-25)8-6-13/h1-4,9-10,13,19,26H,5-8H2,(H,28,29). The van der Waals surface area contributed by atoms with Gasteiger partial charge in [0.05, 0.1) is 17.2 Å². The summed E-state index contributed by atoms with van der Waals surface area (Å²) in [5.74, 6) is -1.21. The lowest BCUT2D eigenvalue weighted by atomic mass is 9.41. The zero-order valence-corrected chi connectivity index (χ0v) is 16.2. The third kappa shape index (κ3) is 4.50. The zero-order valence-electron chi connectivity index (χ0n) is 15.4. The molecule has 0 bridgehead atoms. The molecule has 1 fully saturated rings. The topological polar surface area (TPSA) is 98.4 Å². The van der Waals surface area contributed by atoms with Crippen molar-refractivity contribution < 1.29 is 24.2 Å². The minimum absolute atomic E-state index is 0.0517. The van der Waals surface area contributed by atoms with Crippen molar-refractivity contribution in [3.8, 4) is 5.97 Å². The largest absolute Gasteiger partial charge is 0.478 e. The first-order valence-corrected chi connectivity index (χ1v) is 9.64. The fourth-order valence-corrected chi connectivity index (χ4v) is 3.91. The van der Waals surface area contributed by atoms with E-state index < -0.39 is 34.8 Å². The second-order valence-corrected chi connectivity index (χ2v) is 7.69. The zero-order chi connectivity index (χ0) is 21.1. The number of hydrogen-bond donors (Lipinski definition) is 2. The summed E-state index contributed by atoms with van der Waals surface area (Å²) in [6.07, 6.45) is 1.39. The van der Waals surface area contributed by atoms with E-state index in [1.54, 1.807) is 0 Å². The number of carboxylic acids is 1. The second kappa shape index (κ2) is 8.77. The van der Waals surface area contributed by atoms with E-state index in [0.717, 1.165) is 12.1 Å². The van der Waals surface area contributed by atoms with Gasteiger partial charge in [-0.1, -0.05) is 37.1 Å². The van der Waals surface area contributed by atoms with Crippen LogP contribution in [0.15, 0.2) is 36.4 Å². The number of rotatable bonds is 5. The smallest absolute Gasteiger partial charge is 0.336 e. The Bertz CT molecular complexity index is 981. The van der Waals surface area contributed by atoms with Crippen molar-refractivity contribution in [1.82, 2.24) is 0 Å². The van der Waals surface area contributed by atoms with E-state index >= 15 is 0 Å². The number of ketones is 1. The average Bonchev–Trinajstić information content (AvgIpc) is 2.72.